The van der Waals surface area contributed by atoms with Crippen molar-refractivity contribution in [3.8, 4) is 0 Å². The van der Waals surface area contributed by atoms with Crippen LogP contribution in [0, 0.1) is 0 Å². The fraction of sp³-hybridized carbons (Fsp3) is 0.773. The lowest BCUT2D eigenvalue weighted by molar-refractivity contribution is 0.253. The van der Waals surface area contributed by atoms with Crippen LogP contribution in [0.25, 0.3) is 11.2 Å². The first-order valence-electron chi connectivity index (χ1n) is 11.9. The standard InChI is InChI=1S/C22H38N8.3ClH/c1-4-29(5-2)15(3)25-20-19-21(30(14-24-19)18-8-6-7-9-18)28-22(27-20)26-17-12-10-16(23)11-13-17;;;/h14-18H,4-13,23H2,1-3H3,(H2,25,26,27,28);3*1H. The van der Waals surface area contributed by atoms with E-state index < -0.39 is 0 Å². The molecule has 4 rings (SSSR count). The van der Waals surface area contributed by atoms with E-state index in [1.165, 1.54) is 25.7 Å². The van der Waals surface area contributed by atoms with E-state index >= 15 is 0 Å². The monoisotopic (exact) mass is 522 g/mol. The Hall–Kier alpha value is -1.06. The second-order valence-corrected chi connectivity index (χ2v) is 8.96. The molecule has 2 aromatic heterocycles. The summed E-state index contributed by atoms with van der Waals surface area (Å²) in [6.45, 7) is 8.54. The topological polar surface area (TPSA) is 96.9 Å². The molecule has 1 atom stereocenters. The summed E-state index contributed by atoms with van der Waals surface area (Å²) < 4.78 is 2.28. The Morgan fingerprint density at radius 1 is 1.03 bits per heavy atom. The summed E-state index contributed by atoms with van der Waals surface area (Å²) in [6.07, 6.45) is 11.4. The van der Waals surface area contributed by atoms with E-state index in [1.54, 1.807) is 0 Å². The van der Waals surface area contributed by atoms with Gasteiger partial charge in [0.05, 0.1) is 12.5 Å². The van der Waals surface area contributed by atoms with Crippen molar-refractivity contribution in [1.82, 2.24) is 24.4 Å². The Morgan fingerprint density at radius 3 is 2.27 bits per heavy atom. The van der Waals surface area contributed by atoms with Gasteiger partial charge in [0.2, 0.25) is 5.95 Å². The lowest BCUT2D eigenvalue weighted by atomic mass is 9.92. The molecule has 2 aliphatic rings. The molecular formula is C22H41Cl3N8. The molecular weight excluding hydrogens is 483 g/mol. The highest BCUT2D eigenvalue weighted by atomic mass is 35.5. The van der Waals surface area contributed by atoms with Gasteiger partial charge < -0.3 is 20.9 Å². The SMILES string of the molecule is CCN(CC)C(C)Nc1nc(NC2CCC(N)CC2)nc2c1ncn2C1CCCC1.Cl.Cl.Cl. The van der Waals surface area contributed by atoms with Gasteiger partial charge in [-0.25, -0.2) is 4.98 Å². The summed E-state index contributed by atoms with van der Waals surface area (Å²) in [7, 11) is 0. The predicted octanol–water partition coefficient (Wildman–Crippen LogP) is 4.99. The molecule has 1 unspecified atom stereocenters. The lowest BCUT2D eigenvalue weighted by Crippen LogP contribution is -2.38. The van der Waals surface area contributed by atoms with Crippen LogP contribution in [0.5, 0.6) is 0 Å². The summed E-state index contributed by atoms with van der Waals surface area (Å²) in [6, 6.07) is 1.22. The average molecular weight is 524 g/mol. The zero-order chi connectivity index (χ0) is 21.1. The van der Waals surface area contributed by atoms with Gasteiger partial charge in [-0.15, -0.1) is 37.2 Å². The minimum Gasteiger partial charge on any atom is -0.353 e. The van der Waals surface area contributed by atoms with Crippen LogP contribution < -0.4 is 16.4 Å². The van der Waals surface area contributed by atoms with Gasteiger partial charge >= 0.3 is 0 Å². The second kappa shape index (κ2) is 13.7. The molecule has 2 fully saturated rings. The third kappa shape index (κ3) is 6.98. The molecule has 11 heteroatoms. The molecule has 0 radical (unpaired) electrons. The molecule has 2 saturated carbocycles. The average Bonchev–Trinajstić information content (AvgIpc) is 3.40. The smallest absolute Gasteiger partial charge is 0.227 e. The minimum atomic E-state index is 0. The highest BCUT2D eigenvalue weighted by molar-refractivity contribution is 5.86. The van der Waals surface area contributed by atoms with Gasteiger partial charge in [-0.3, -0.25) is 4.90 Å². The number of anilines is 2. The number of imidazole rings is 1. The van der Waals surface area contributed by atoms with Crippen molar-refractivity contribution >= 4 is 60.2 Å². The molecule has 2 aliphatic carbocycles. The van der Waals surface area contributed by atoms with E-state index in [-0.39, 0.29) is 43.4 Å². The molecule has 190 valence electrons. The first-order chi connectivity index (χ1) is 14.6. The number of hydrogen-bond acceptors (Lipinski definition) is 7. The summed E-state index contributed by atoms with van der Waals surface area (Å²) in [4.78, 5) is 16.9. The number of nitrogens with zero attached hydrogens (tertiary/aromatic N) is 5. The van der Waals surface area contributed by atoms with Crippen molar-refractivity contribution < 1.29 is 0 Å². The fourth-order valence-corrected chi connectivity index (χ4v) is 5.04. The molecule has 0 aromatic carbocycles. The maximum atomic E-state index is 6.09. The number of hydrogen-bond donors (Lipinski definition) is 3. The van der Waals surface area contributed by atoms with E-state index in [4.69, 9.17) is 20.7 Å². The molecule has 4 N–H and O–H groups in total. The van der Waals surface area contributed by atoms with Crippen molar-refractivity contribution in [2.45, 2.75) is 96.4 Å². The van der Waals surface area contributed by atoms with Crippen molar-refractivity contribution in [2.75, 3.05) is 23.7 Å². The van der Waals surface area contributed by atoms with Gasteiger partial charge in [0, 0.05) is 18.1 Å². The van der Waals surface area contributed by atoms with E-state index in [1.807, 2.05) is 6.33 Å². The van der Waals surface area contributed by atoms with Crippen LogP contribution in [-0.2, 0) is 0 Å². The van der Waals surface area contributed by atoms with E-state index in [0.29, 0.717) is 24.1 Å². The molecule has 2 aromatic rings. The van der Waals surface area contributed by atoms with Crippen LogP contribution in [0.2, 0.25) is 0 Å². The molecule has 8 nitrogen and oxygen atoms in total. The van der Waals surface area contributed by atoms with Crippen molar-refractivity contribution in [1.29, 1.82) is 0 Å². The molecule has 0 aliphatic heterocycles. The van der Waals surface area contributed by atoms with Gasteiger partial charge in [0.1, 0.15) is 0 Å². The lowest BCUT2D eigenvalue weighted by Gasteiger charge is -2.28. The number of aromatic nitrogens is 4. The van der Waals surface area contributed by atoms with Crippen molar-refractivity contribution in [3.63, 3.8) is 0 Å². The van der Waals surface area contributed by atoms with Gasteiger partial charge in [-0.05, 0) is 58.5 Å². The van der Waals surface area contributed by atoms with Gasteiger partial charge in [0.15, 0.2) is 17.0 Å². The number of rotatable bonds is 8. The number of nitrogens with two attached hydrogens (primary N) is 1. The Labute approximate surface area is 216 Å². The zero-order valence-corrected chi connectivity index (χ0v) is 22.4. The zero-order valence-electron chi connectivity index (χ0n) is 20.0. The summed E-state index contributed by atoms with van der Waals surface area (Å²) in [5, 5.41) is 7.21. The first-order valence-corrected chi connectivity index (χ1v) is 11.9. The number of halogens is 3. The second-order valence-electron chi connectivity index (χ2n) is 8.96. The van der Waals surface area contributed by atoms with Crippen LogP contribution in [0.4, 0.5) is 11.8 Å². The molecule has 0 amide bonds. The summed E-state index contributed by atoms with van der Waals surface area (Å²) in [5.41, 5.74) is 7.91. The Bertz CT molecular complexity index is 830. The van der Waals surface area contributed by atoms with Gasteiger partial charge in [-0.2, -0.15) is 9.97 Å². The largest absolute Gasteiger partial charge is 0.353 e. The molecule has 0 spiro atoms. The summed E-state index contributed by atoms with van der Waals surface area (Å²) >= 11 is 0. The fourth-order valence-electron chi connectivity index (χ4n) is 5.04. The minimum absolute atomic E-state index is 0. The predicted molar refractivity (Wildman–Crippen MR) is 144 cm³/mol. The number of fused-ring (bicyclic) bond motifs is 1. The van der Waals surface area contributed by atoms with E-state index in [0.717, 1.165) is 55.8 Å². The quantitative estimate of drug-likeness (QED) is 0.419. The third-order valence-electron chi connectivity index (χ3n) is 6.95. The van der Waals surface area contributed by atoms with Crippen LogP contribution in [0.1, 0.15) is 78.2 Å². The number of nitrogens with one attached hydrogen (secondary N) is 2. The van der Waals surface area contributed by atoms with Crippen LogP contribution in [0.3, 0.4) is 0 Å². The normalized spacial score (nSPS) is 21.7. The Morgan fingerprint density at radius 2 is 1.67 bits per heavy atom. The van der Waals surface area contributed by atoms with Crippen LogP contribution in [0.15, 0.2) is 6.33 Å². The molecule has 2 heterocycles. The van der Waals surface area contributed by atoms with Gasteiger partial charge in [-0.1, -0.05) is 26.7 Å². The highest BCUT2D eigenvalue weighted by Gasteiger charge is 2.24. The van der Waals surface area contributed by atoms with Gasteiger partial charge in [0.25, 0.3) is 0 Å². The van der Waals surface area contributed by atoms with E-state index in [9.17, 15) is 0 Å². The van der Waals surface area contributed by atoms with Crippen LogP contribution >= 0.6 is 37.2 Å². The van der Waals surface area contributed by atoms with Crippen molar-refractivity contribution in [3.05, 3.63) is 6.33 Å². The van der Waals surface area contributed by atoms with Crippen molar-refractivity contribution in [2.24, 2.45) is 5.73 Å². The van der Waals surface area contributed by atoms with E-state index in [2.05, 4.69) is 40.9 Å². The maximum absolute atomic E-state index is 6.09. The Balaban J connectivity index is 0.00000181. The first kappa shape index (κ1) is 30.0. The molecule has 0 bridgehead atoms. The Kier molecular flexibility index (Phi) is 12.5. The molecule has 33 heavy (non-hydrogen) atoms. The third-order valence-corrected chi connectivity index (χ3v) is 6.95. The van der Waals surface area contributed by atoms with Crippen LogP contribution in [-0.4, -0.2) is 55.8 Å². The molecule has 0 saturated heterocycles. The maximum Gasteiger partial charge on any atom is 0.227 e. The highest BCUT2D eigenvalue weighted by Crippen LogP contribution is 2.33. The summed E-state index contributed by atoms with van der Waals surface area (Å²) in [5.74, 6) is 1.53.